The summed E-state index contributed by atoms with van der Waals surface area (Å²) < 4.78 is 0. The molecule has 0 aliphatic carbocycles. The highest BCUT2D eigenvalue weighted by Crippen LogP contribution is 2.26. The summed E-state index contributed by atoms with van der Waals surface area (Å²) in [5, 5.41) is 8.90. The van der Waals surface area contributed by atoms with E-state index in [9.17, 15) is 9.59 Å². The molecule has 0 aromatic rings. The minimum atomic E-state index is -0.910. The van der Waals surface area contributed by atoms with Gasteiger partial charge in [0.25, 0.3) is 0 Å². The van der Waals surface area contributed by atoms with E-state index in [0.717, 1.165) is 6.42 Å². The number of rotatable bonds is 3. The van der Waals surface area contributed by atoms with Gasteiger partial charge in [0.2, 0.25) is 5.91 Å². The average molecular weight is 197 g/mol. The Bertz CT molecular complexity index is 240. The number of hydrogen-bond acceptors (Lipinski definition) is 2. The molecule has 0 aromatic heterocycles. The minimum Gasteiger partial charge on any atom is -0.480 e. The van der Waals surface area contributed by atoms with E-state index >= 15 is 0 Å². The standard InChI is InChI=1S/C10H15NO3/c1-3-4-8-5-9(10(13)14)11(6-8)7(2)12/h3,8-9H,1,4-6H2,2H3,(H,13,14)/t8?,9-/m0/s1. The second-order valence-corrected chi connectivity index (χ2v) is 3.65. The van der Waals surface area contributed by atoms with Crippen molar-refractivity contribution in [1.82, 2.24) is 4.90 Å². The molecule has 0 aromatic carbocycles. The first kappa shape index (κ1) is 10.8. The van der Waals surface area contributed by atoms with E-state index in [4.69, 9.17) is 5.11 Å². The fraction of sp³-hybridized carbons (Fsp3) is 0.600. The molecule has 1 unspecified atom stereocenters. The van der Waals surface area contributed by atoms with E-state index in [0.29, 0.717) is 13.0 Å². The summed E-state index contributed by atoms with van der Waals surface area (Å²) in [6.45, 7) is 5.56. The predicted octanol–water partition coefficient (Wildman–Crippen LogP) is 0.884. The van der Waals surface area contributed by atoms with E-state index in [-0.39, 0.29) is 11.8 Å². The van der Waals surface area contributed by atoms with Gasteiger partial charge in [-0.3, -0.25) is 4.79 Å². The lowest BCUT2D eigenvalue weighted by molar-refractivity contribution is -0.147. The van der Waals surface area contributed by atoms with Crippen molar-refractivity contribution in [3.63, 3.8) is 0 Å². The van der Waals surface area contributed by atoms with Gasteiger partial charge >= 0.3 is 5.97 Å². The van der Waals surface area contributed by atoms with Gasteiger partial charge in [0.05, 0.1) is 0 Å². The first-order valence-electron chi connectivity index (χ1n) is 4.67. The molecule has 4 nitrogen and oxygen atoms in total. The highest BCUT2D eigenvalue weighted by molar-refractivity contribution is 5.82. The minimum absolute atomic E-state index is 0.163. The molecule has 1 rings (SSSR count). The number of hydrogen-bond donors (Lipinski definition) is 1. The third-order valence-electron chi connectivity index (χ3n) is 2.58. The van der Waals surface area contributed by atoms with Crippen LogP contribution in [0.4, 0.5) is 0 Å². The average Bonchev–Trinajstić information content (AvgIpc) is 2.49. The molecular formula is C10H15NO3. The van der Waals surface area contributed by atoms with Crippen molar-refractivity contribution < 1.29 is 14.7 Å². The third kappa shape index (κ3) is 2.13. The summed E-state index contributed by atoms with van der Waals surface area (Å²) in [7, 11) is 0. The number of carbonyl (C=O) groups is 2. The number of nitrogens with zero attached hydrogens (tertiary/aromatic N) is 1. The molecule has 4 heteroatoms. The molecule has 78 valence electrons. The normalized spacial score (nSPS) is 26.2. The zero-order chi connectivity index (χ0) is 10.7. The third-order valence-corrected chi connectivity index (χ3v) is 2.58. The van der Waals surface area contributed by atoms with Crippen molar-refractivity contribution in [2.24, 2.45) is 5.92 Å². The molecule has 1 aliphatic heterocycles. The molecule has 0 bridgehead atoms. The van der Waals surface area contributed by atoms with Gasteiger partial charge in [-0.05, 0) is 18.8 Å². The van der Waals surface area contributed by atoms with E-state index in [2.05, 4.69) is 6.58 Å². The van der Waals surface area contributed by atoms with E-state index in [1.165, 1.54) is 11.8 Å². The Morgan fingerprint density at radius 3 is 2.64 bits per heavy atom. The molecule has 14 heavy (non-hydrogen) atoms. The second kappa shape index (κ2) is 4.26. The van der Waals surface area contributed by atoms with Crippen LogP contribution in [-0.2, 0) is 9.59 Å². The highest BCUT2D eigenvalue weighted by atomic mass is 16.4. The van der Waals surface area contributed by atoms with Crippen molar-refractivity contribution in [3.05, 3.63) is 12.7 Å². The fourth-order valence-electron chi connectivity index (χ4n) is 1.91. The van der Waals surface area contributed by atoms with Crippen LogP contribution in [0, 0.1) is 5.92 Å². The molecular weight excluding hydrogens is 182 g/mol. The summed E-state index contributed by atoms with van der Waals surface area (Å²) in [6.07, 6.45) is 3.09. The highest BCUT2D eigenvalue weighted by Gasteiger charge is 2.37. The molecule has 1 fully saturated rings. The Hall–Kier alpha value is -1.32. The summed E-state index contributed by atoms with van der Waals surface area (Å²) in [6, 6.07) is -0.641. The quantitative estimate of drug-likeness (QED) is 0.683. The number of amides is 1. The van der Waals surface area contributed by atoms with Crippen molar-refractivity contribution >= 4 is 11.9 Å². The van der Waals surface area contributed by atoms with Gasteiger partial charge in [0.1, 0.15) is 6.04 Å². The first-order chi connectivity index (χ1) is 6.56. The molecule has 0 spiro atoms. The molecule has 1 saturated heterocycles. The van der Waals surface area contributed by atoms with Gasteiger partial charge in [0.15, 0.2) is 0 Å². The zero-order valence-electron chi connectivity index (χ0n) is 8.27. The summed E-state index contributed by atoms with van der Waals surface area (Å²) in [5.41, 5.74) is 0. The van der Waals surface area contributed by atoms with Crippen molar-refractivity contribution in [2.75, 3.05) is 6.54 Å². The van der Waals surface area contributed by atoms with Crippen LogP contribution in [0.25, 0.3) is 0 Å². The van der Waals surface area contributed by atoms with Gasteiger partial charge < -0.3 is 10.0 Å². The molecule has 1 amide bonds. The van der Waals surface area contributed by atoms with Crippen LogP contribution >= 0.6 is 0 Å². The van der Waals surface area contributed by atoms with Gasteiger partial charge in [0, 0.05) is 13.5 Å². The Balaban J connectivity index is 2.69. The molecule has 0 radical (unpaired) electrons. The van der Waals surface area contributed by atoms with Crippen LogP contribution in [-0.4, -0.2) is 34.5 Å². The van der Waals surface area contributed by atoms with Crippen molar-refractivity contribution in [3.8, 4) is 0 Å². The number of aliphatic carboxylic acids is 1. The van der Waals surface area contributed by atoms with Crippen LogP contribution in [0.5, 0.6) is 0 Å². The Labute approximate surface area is 83.2 Å². The van der Waals surface area contributed by atoms with Crippen LogP contribution in [0.3, 0.4) is 0 Å². The van der Waals surface area contributed by atoms with Crippen LogP contribution in [0.1, 0.15) is 19.8 Å². The maximum Gasteiger partial charge on any atom is 0.326 e. The molecule has 1 heterocycles. The van der Waals surface area contributed by atoms with Gasteiger partial charge in [-0.25, -0.2) is 4.79 Å². The van der Waals surface area contributed by atoms with Gasteiger partial charge in [-0.15, -0.1) is 6.58 Å². The summed E-state index contributed by atoms with van der Waals surface area (Å²) in [5.74, 6) is -0.826. The Morgan fingerprint density at radius 2 is 2.29 bits per heavy atom. The number of likely N-dealkylation sites (tertiary alicyclic amines) is 1. The van der Waals surface area contributed by atoms with Crippen LogP contribution in [0.2, 0.25) is 0 Å². The molecule has 0 saturated carbocycles. The van der Waals surface area contributed by atoms with E-state index in [1.807, 2.05) is 0 Å². The van der Waals surface area contributed by atoms with Crippen LogP contribution in [0.15, 0.2) is 12.7 Å². The van der Waals surface area contributed by atoms with Gasteiger partial charge in [-0.2, -0.15) is 0 Å². The van der Waals surface area contributed by atoms with Crippen molar-refractivity contribution in [1.29, 1.82) is 0 Å². The number of allylic oxidation sites excluding steroid dienone is 1. The van der Waals surface area contributed by atoms with Crippen molar-refractivity contribution in [2.45, 2.75) is 25.8 Å². The summed E-state index contributed by atoms with van der Waals surface area (Å²) in [4.78, 5) is 23.4. The SMILES string of the molecule is C=CCC1C[C@@H](C(=O)O)N(C(C)=O)C1. The molecule has 1 aliphatic rings. The monoisotopic (exact) mass is 197 g/mol. The maximum atomic E-state index is 11.1. The lowest BCUT2D eigenvalue weighted by Gasteiger charge is -2.18. The number of carboxylic acid groups (broad SMARTS) is 1. The topological polar surface area (TPSA) is 57.6 Å². The summed E-state index contributed by atoms with van der Waals surface area (Å²) >= 11 is 0. The second-order valence-electron chi connectivity index (χ2n) is 3.65. The number of carbonyl (C=O) groups excluding carboxylic acids is 1. The van der Waals surface area contributed by atoms with Gasteiger partial charge in [-0.1, -0.05) is 6.08 Å². The van der Waals surface area contributed by atoms with E-state index < -0.39 is 12.0 Å². The fourth-order valence-corrected chi connectivity index (χ4v) is 1.91. The first-order valence-corrected chi connectivity index (χ1v) is 4.67. The van der Waals surface area contributed by atoms with E-state index in [1.54, 1.807) is 6.08 Å². The lowest BCUT2D eigenvalue weighted by Crippen LogP contribution is -2.39. The molecule has 2 atom stereocenters. The lowest BCUT2D eigenvalue weighted by atomic mass is 10.0. The maximum absolute atomic E-state index is 11.1. The molecule has 1 N–H and O–H groups in total. The largest absolute Gasteiger partial charge is 0.480 e. The van der Waals surface area contributed by atoms with Crippen LogP contribution < -0.4 is 0 Å². The number of carboxylic acids is 1. The predicted molar refractivity (Wildman–Crippen MR) is 51.7 cm³/mol. The smallest absolute Gasteiger partial charge is 0.326 e. The Kier molecular flexibility index (Phi) is 3.28. The Morgan fingerprint density at radius 1 is 1.64 bits per heavy atom. The zero-order valence-corrected chi connectivity index (χ0v) is 8.27.